The van der Waals surface area contributed by atoms with Crippen molar-refractivity contribution >= 4 is 23.5 Å². The molecule has 0 unspecified atom stereocenters. The second-order valence-electron chi connectivity index (χ2n) is 9.82. The molecule has 6 nitrogen and oxygen atoms in total. The van der Waals surface area contributed by atoms with E-state index in [1.54, 1.807) is 12.4 Å². The molecule has 1 amide bonds. The number of piperidine rings is 1. The minimum absolute atomic E-state index is 0.240. The number of nitrogens with zero attached hydrogens (tertiary/aromatic N) is 4. The zero-order chi connectivity index (χ0) is 22.8. The van der Waals surface area contributed by atoms with E-state index in [-0.39, 0.29) is 5.91 Å². The van der Waals surface area contributed by atoms with E-state index in [0.29, 0.717) is 11.4 Å². The third-order valence-electron chi connectivity index (χ3n) is 7.63. The molecule has 0 radical (unpaired) electrons. The van der Waals surface area contributed by atoms with Crippen molar-refractivity contribution in [3.05, 3.63) is 46.7 Å². The first-order valence-corrected chi connectivity index (χ1v) is 12.7. The fourth-order valence-corrected chi connectivity index (χ4v) is 5.40. The average Bonchev–Trinajstić information content (AvgIpc) is 3.55. The summed E-state index contributed by atoms with van der Waals surface area (Å²) in [7, 11) is 0. The van der Waals surface area contributed by atoms with E-state index in [2.05, 4.69) is 33.9 Å². The maximum atomic E-state index is 12.2. The molecule has 3 heterocycles. The molecule has 3 fully saturated rings. The van der Waals surface area contributed by atoms with Gasteiger partial charge < -0.3 is 14.5 Å². The van der Waals surface area contributed by atoms with Crippen LogP contribution in [0.2, 0.25) is 5.02 Å². The first-order chi connectivity index (χ1) is 16.1. The lowest BCUT2D eigenvalue weighted by atomic mass is 9.90. The molecule has 33 heavy (non-hydrogen) atoms. The van der Waals surface area contributed by atoms with Crippen LogP contribution in [0.4, 0.5) is 5.95 Å². The summed E-state index contributed by atoms with van der Waals surface area (Å²) in [6, 6.07) is 6.16. The molecule has 1 saturated carbocycles. The Morgan fingerprint density at radius 3 is 2.58 bits per heavy atom. The number of likely N-dealkylation sites (tertiary alicyclic amines) is 1. The van der Waals surface area contributed by atoms with Gasteiger partial charge in [-0.2, -0.15) is 0 Å². The molecule has 3 aliphatic rings. The molecule has 1 aromatic heterocycles. The van der Waals surface area contributed by atoms with E-state index in [0.717, 1.165) is 86.2 Å². The maximum Gasteiger partial charge on any atom is 0.227 e. The summed E-state index contributed by atoms with van der Waals surface area (Å²) < 4.78 is 6.07. The number of hydrogen-bond donors (Lipinski definition) is 0. The van der Waals surface area contributed by atoms with Gasteiger partial charge in [0.25, 0.3) is 0 Å². The van der Waals surface area contributed by atoms with Gasteiger partial charge in [-0.25, -0.2) is 9.97 Å². The molecule has 2 aliphatic heterocycles. The highest BCUT2D eigenvalue weighted by Gasteiger charge is 2.43. The van der Waals surface area contributed by atoms with Crippen molar-refractivity contribution in [2.75, 3.05) is 37.7 Å². The standard InChI is InChI=1S/C26H33ClN4O2/c1-18-13-23(4-3-20(18)15-25(32)30-8-2-9-30)33-12-7-21-14-24(21)19-5-10-31(11-6-19)26-28-16-22(27)17-29-26/h3-4,13,16-17,19,21,24H,2,5-12,14-15H2,1H3/t21-,24-/m1/s1. The van der Waals surface area contributed by atoms with E-state index >= 15 is 0 Å². The van der Waals surface area contributed by atoms with Crippen LogP contribution in [0.25, 0.3) is 0 Å². The topological polar surface area (TPSA) is 58.6 Å². The Kier molecular flexibility index (Phi) is 6.72. The molecule has 0 bridgehead atoms. The smallest absolute Gasteiger partial charge is 0.227 e. The second kappa shape index (κ2) is 9.88. The Morgan fingerprint density at radius 1 is 1.15 bits per heavy atom. The number of halogens is 1. The van der Waals surface area contributed by atoms with Gasteiger partial charge in [-0.3, -0.25) is 4.79 Å². The SMILES string of the molecule is Cc1cc(OCC[C@@H]2C[C@@H]2C2CCN(c3ncc(Cl)cn3)CC2)ccc1CC(=O)N1CCC1. The zero-order valence-corrected chi connectivity index (χ0v) is 20.1. The van der Waals surface area contributed by atoms with Gasteiger partial charge in [0.2, 0.25) is 11.9 Å². The molecule has 2 atom stereocenters. The summed E-state index contributed by atoms with van der Waals surface area (Å²) in [6.07, 6.45) is 9.87. The first-order valence-electron chi connectivity index (χ1n) is 12.3. The van der Waals surface area contributed by atoms with Crippen molar-refractivity contribution < 1.29 is 9.53 Å². The number of benzene rings is 1. The normalized spacial score (nSPS) is 22.7. The second-order valence-corrected chi connectivity index (χ2v) is 10.3. The van der Waals surface area contributed by atoms with Crippen LogP contribution in [-0.4, -0.2) is 53.6 Å². The molecule has 1 aliphatic carbocycles. The summed E-state index contributed by atoms with van der Waals surface area (Å²) in [5, 5.41) is 0.583. The van der Waals surface area contributed by atoms with E-state index in [1.165, 1.54) is 19.3 Å². The molecular weight excluding hydrogens is 436 g/mol. The summed E-state index contributed by atoms with van der Waals surface area (Å²) in [5.41, 5.74) is 2.25. The van der Waals surface area contributed by atoms with Gasteiger partial charge in [0.15, 0.2) is 0 Å². The number of ether oxygens (including phenoxy) is 1. The molecule has 7 heteroatoms. The average molecular weight is 469 g/mol. The number of amides is 1. The van der Waals surface area contributed by atoms with Gasteiger partial charge in [-0.1, -0.05) is 17.7 Å². The number of aryl methyl sites for hydroxylation is 1. The van der Waals surface area contributed by atoms with Crippen molar-refractivity contribution in [2.24, 2.45) is 17.8 Å². The minimum Gasteiger partial charge on any atom is -0.494 e. The quantitative estimate of drug-likeness (QED) is 0.569. The largest absolute Gasteiger partial charge is 0.494 e. The van der Waals surface area contributed by atoms with Crippen molar-refractivity contribution in [3.8, 4) is 5.75 Å². The molecule has 5 rings (SSSR count). The lowest BCUT2D eigenvalue weighted by molar-refractivity contribution is -0.133. The number of rotatable bonds is 8. The molecule has 0 spiro atoms. The monoisotopic (exact) mass is 468 g/mol. The summed E-state index contributed by atoms with van der Waals surface area (Å²) in [5.74, 6) is 4.40. The highest BCUT2D eigenvalue weighted by atomic mass is 35.5. The molecule has 1 aromatic carbocycles. The third-order valence-corrected chi connectivity index (χ3v) is 7.83. The lowest BCUT2D eigenvalue weighted by Gasteiger charge is -2.32. The van der Waals surface area contributed by atoms with Gasteiger partial charge in [0.05, 0.1) is 30.4 Å². The van der Waals surface area contributed by atoms with E-state index in [4.69, 9.17) is 16.3 Å². The van der Waals surface area contributed by atoms with Crippen LogP contribution in [0.15, 0.2) is 30.6 Å². The summed E-state index contributed by atoms with van der Waals surface area (Å²) in [6.45, 7) is 6.72. The molecule has 0 N–H and O–H groups in total. The first kappa shape index (κ1) is 22.5. The van der Waals surface area contributed by atoms with Crippen LogP contribution >= 0.6 is 11.6 Å². The number of anilines is 1. The number of carbonyl (C=O) groups excluding carboxylic acids is 1. The number of carbonyl (C=O) groups is 1. The van der Waals surface area contributed by atoms with E-state index in [1.807, 2.05) is 11.0 Å². The van der Waals surface area contributed by atoms with Crippen LogP contribution in [0, 0.1) is 24.7 Å². The van der Waals surface area contributed by atoms with Gasteiger partial charge in [-0.15, -0.1) is 0 Å². The Labute approximate surface area is 201 Å². The number of hydrogen-bond acceptors (Lipinski definition) is 5. The van der Waals surface area contributed by atoms with Crippen LogP contribution in [0.3, 0.4) is 0 Å². The Hall–Kier alpha value is -2.34. The Morgan fingerprint density at radius 2 is 1.91 bits per heavy atom. The fourth-order valence-electron chi connectivity index (χ4n) is 5.30. The Balaban J connectivity index is 1.02. The van der Waals surface area contributed by atoms with E-state index in [9.17, 15) is 4.79 Å². The zero-order valence-electron chi connectivity index (χ0n) is 19.4. The predicted octanol–water partition coefficient (Wildman–Crippen LogP) is 4.53. The van der Waals surface area contributed by atoms with Crippen LogP contribution in [-0.2, 0) is 11.2 Å². The van der Waals surface area contributed by atoms with Gasteiger partial charge in [0, 0.05) is 26.2 Å². The maximum absolute atomic E-state index is 12.2. The summed E-state index contributed by atoms with van der Waals surface area (Å²) >= 11 is 5.90. The van der Waals surface area contributed by atoms with Gasteiger partial charge in [-0.05, 0) is 80.0 Å². The summed E-state index contributed by atoms with van der Waals surface area (Å²) in [4.78, 5) is 25.2. The van der Waals surface area contributed by atoms with Crippen LogP contribution < -0.4 is 9.64 Å². The number of aromatic nitrogens is 2. The van der Waals surface area contributed by atoms with Crippen molar-refractivity contribution in [1.82, 2.24) is 14.9 Å². The van der Waals surface area contributed by atoms with Crippen molar-refractivity contribution in [1.29, 1.82) is 0 Å². The fraction of sp³-hybridized carbons (Fsp3) is 0.577. The van der Waals surface area contributed by atoms with Gasteiger partial charge in [0.1, 0.15) is 5.75 Å². The van der Waals surface area contributed by atoms with Crippen molar-refractivity contribution in [2.45, 2.75) is 45.4 Å². The van der Waals surface area contributed by atoms with Crippen LogP contribution in [0.5, 0.6) is 5.75 Å². The Bertz CT molecular complexity index is 971. The predicted molar refractivity (Wildman–Crippen MR) is 130 cm³/mol. The lowest BCUT2D eigenvalue weighted by Crippen LogP contribution is -2.42. The highest BCUT2D eigenvalue weighted by Crippen LogP contribution is 2.49. The highest BCUT2D eigenvalue weighted by molar-refractivity contribution is 6.30. The van der Waals surface area contributed by atoms with Crippen LogP contribution in [0.1, 0.15) is 43.2 Å². The molecule has 2 aromatic rings. The van der Waals surface area contributed by atoms with Gasteiger partial charge >= 0.3 is 0 Å². The van der Waals surface area contributed by atoms with E-state index < -0.39 is 0 Å². The third kappa shape index (κ3) is 5.43. The molecule has 2 saturated heterocycles. The minimum atomic E-state index is 0.240. The van der Waals surface area contributed by atoms with Crippen molar-refractivity contribution in [3.63, 3.8) is 0 Å². The molecular formula is C26H33ClN4O2. The molecule has 176 valence electrons.